The topological polar surface area (TPSA) is 43.4 Å². The Balaban J connectivity index is 2.28. The summed E-state index contributed by atoms with van der Waals surface area (Å²) in [4.78, 5) is 0. The zero-order valence-electron chi connectivity index (χ0n) is 16.3. The second-order valence-corrected chi connectivity index (χ2v) is 8.32. The summed E-state index contributed by atoms with van der Waals surface area (Å²) in [6, 6.07) is 21.5. The van der Waals surface area contributed by atoms with Crippen LogP contribution in [-0.2, 0) is 16.5 Å². The molecule has 3 nitrogen and oxygen atoms in total. The van der Waals surface area contributed by atoms with Gasteiger partial charge in [0.25, 0.3) is 0 Å². The summed E-state index contributed by atoms with van der Waals surface area (Å²) in [7, 11) is -5.77. The fraction of sp³-hybridized carbons (Fsp3) is 0.217. The summed E-state index contributed by atoms with van der Waals surface area (Å²) in [6.07, 6.45) is 1.83. The number of hydrogen-bond donors (Lipinski definition) is 0. The van der Waals surface area contributed by atoms with E-state index in [4.69, 9.17) is 0 Å². The van der Waals surface area contributed by atoms with E-state index in [1.165, 1.54) is 6.07 Å². The molecule has 0 saturated heterocycles. The van der Waals surface area contributed by atoms with Crippen LogP contribution >= 0.6 is 0 Å². The molecule has 3 aromatic rings. The van der Waals surface area contributed by atoms with Crippen molar-refractivity contribution in [2.75, 3.05) is 0 Å². The van der Waals surface area contributed by atoms with E-state index in [9.17, 15) is 21.6 Å². The van der Waals surface area contributed by atoms with Crippen molar-refractivity contribution in [3.63, 3.8) is 0 Å². The molecule has 0 radical (unpaired) electrons. The minimum Gasteiger partial charge on any atom is -0.376 e. The van der Waals surface area contributed by atoms with Crippen LogP contribution in [0.15, 0.2) is 72.8 Å². The van der Waals surface area contributed by atoms with E-state index in [-0.39, 0.29) is 5.75 Å². The van der Waals surface area contributed by atoms with Gasteiger partial charge in [0.15, 0.2) is 0 Å². The van der Waals surface area contributed by atoms with Crippen LogP contribution in [0.25, 0.3) is 22.3 Å². The number of alkyl halides is 3. The number of unbranched alkanes of at least 4 members (excludes halogenated alkanes) is 1. The van der Waals surface area contributed by atoms with Crippen molar-refractivity contribution in [2.45, 2.75) is 31.7 Å². The number of benzene rings is 3. The molecule has 0 aliphatic heterocycles. The molecule has 0 unspecified atom stereocenters. The predicted molar refractivity (Wildman–Crippen MR) is 112 cm³/mol. The highest BCUT2D eigenvalue weighted by atomic mass is 32.2. The molecule has 30 heavy (non-hydrogen) atoms. The van der Waals surface area contributed by atoms with Gasteiger partial charge in [-0.2, -0.15) is 21.6 Å². The van der Waals surface area contributed by atoms with Crippen LogP contribution in [0.4, 0.5) is 13.2 Å². The second-order valence-electron chi connectivity index (χ2n) is 6.78. The molecule has 0 aliphatic rings. The predicted octanol–water partition coefficient (Wildman–Crippen LogP) is 6.59. The summed E-state index contributed by atoms with van der Waals surface area (Å²) in [6.45, 7) is 1.95. The third-order valence-electron chi connectivity index (χ3n) is 4.68. The highest BCUT2D eigenvalue weighted by Gasteiger charge is 2.48. The quantitative estimate of drug-likeness (QED) is 0.311. The molecule has 0 N–H and O–H groups in total. The smallest absolute Gasteiger partial charge is 0.376 e. The Morgan fingerprint density at radius 3 is 1.93 bits per heavy atom. The Labute approximate surface area is 174 Å². The van der Waals surface area contributed by atoms with Gasteiger partial charge in [-0.15, -0.1) is 0 Å². The van der Waals surface area contributed by atoms with Crippen molar-refractivity contribution in [1.29, 1.82) is 0 Å². The fourth-order valence-corrected chi connectivity index (χ4v) is 3.75. The van der Waals surface area contributed by atoms with Gasteiger partial charge in [-0.05, 0) is 47.2 Å². The van der Waals surface area contributed by atoms with Crippen molar-refractivity contribution in [1.82, 2.24) is 0 Å². The molecule has 0 bridgehead atoms. The first kappa shape index (κ1) is 21.9. The molecule has 0 aliphatic carbocycles. The average Bonchev–Trinajstić information content (AvgIpc) is 2.72. The zero-order chi connectivity index (χ0) is 21.8. The van der Waals surface area contributed by atoms with Gasteiger partial charge in [0, 0.05) is 5.56 Å². The van der Waals surface area contributed by atoms with Gasteiger partial charge in [-0.25, -0.2) is 0 Å². The molecule has 3 rings (SSSR count). The molecule has 0 spiro atoms. The maximum atomic E-state index is 13.0. The van der Waals surface area contributed by atoms with E-state index < -0.39 is 15.6 Å². The van der Waals surface area contributed by atoms with E-state index in [1.54, 1.807) is 6.07 Å². The third-order valence-corrected chi connectivity index (χ3v) is 5.65. The molecule has 0 aromatic heterocycles. The van der Waals surface area contributed by atoms with E-state index in [1.807, 2.05) is 67.6 Å². The highest BCUT2D eigenvalue weighted by Crippen LogP contribution is 2.41. The SMILES string of the molecule is CCCCc1c(OS(=O)(=O)C(F)(F)F)ccc(-c2ccccc2)c1-c1ccccc1. The van der Waals surface area contributed by atoms with E-state index in [2.05, 4.69) is 4.18 Å². The Hall–Kier alpha value is -2.80. The first-order chi connectivity index (χ1) is 14.2. The molecule has 0 atom stereocenters. The third kappa shape index (κ3) is 4.67. The van der Waals surface area contributed by atoms with Crippen LogP contribution < -0.4 is 4.18 Å². The van der Waals surface area contributed by atoms with Gasteiger partial charge in [0.1, 0.15) is 5.75 Å². The number of rotatable bonds is 7. The van der Waals surface area contributed by atoms with Crippen molar-refractivity contribution < 1.29 is 25.8 Å². The lowest BCUT2D eigenvalue weighted by atomic mass is 9.88. The van der Waals surface area contributed by atoms with Crippen molar-refractivity contribution in [3.05, 3.63) is 78.4 Å². The summed E-state index contributed by atoms with van der Waals surface area (Å²) >= 11 is 0. The first-order valence-electron chi connectivity index (χ1n) is 9.52. The van der Waals surface area contributed by atoms with E-state index in [0.29, 0.717) is 24.0 Å². The van der Waals surface area contributed by atoms with Crippen LogP contribution in [0.3, 0.4) is 0 Å². The summed E-state index contributed by atoms with van der Waals surface area (Å²) in [5.41, 5.74) is -1.94. The molecule has 0 heterocycles. The van der Waals surface area contributed by atoms with Crippen LogP contribution in [0.5, 0.6) is 5.75 Å². The Bertz CT molecular complexity index is 1090. The van der Waals surface area contributed by atoms with Gasteiger partial charge in [-0.3, -0.25) is 0 Å². The zero-order valence-corrected chi connectivity index (χ0v) is 17.1. The number of hydrogen-bond acceptors (Lipinski definition) is 3. The molecule has 158 valence electrons. The Kier molecular flexibility index (Phi) is 6.51. The van der Waals surface area contributed by atoms with Crippen LogP contribution in [-0.4, -0.2) is 13.9 Å². The van der Waals surface area contributed by atoms with Crippen LogP contribution in [0, 0.1) is 0 Å². The average molecular weight is 434 g/mol. The normalized spacial score (nSPS) is 12.0. The molecule has 0 fully saturated rings. The molecule has 0 saturated carbocycles. The summed E-state index contributed by atoms with van der Waals surface area (Å²) < 4.78 is 66.9. The highest BCUT2D eigenvalue weighted by molar-refractivity contribution is 7.88. The Morgan fingerprint density at radius 1 is 0.833 bits per heavy atom. The molecule has 0 amide bonds. The summed E-state index contributed by atoms with van der Waals surface area (Å²) in [5, 5.41) is 0. The van der Waals surface area contributed by atoms with E-state index >= 15 is 0 Å². The van der Waals surface area contributed by atoms with Gasteiger partial charge < -0.3 is 4.18 Å². The minimum absolute atomic E-state index is 0.292. The minimum atomic E-state index is -5.77. The van der Waals surface area contributed by atoms with Crippen molar-refractivity contribution in [3.8, 4) is 28.0 Å². The van der Waals surface area contributed by atoms with Gasteiger partial charge in [0.05, 0.1) is 0 Å². The lowest BCUT2D eigenvalue weighted by Crippen LogP contribution is -2.28. The standard InChI is InChI=1S/C23H21F3O3S/c1-2-3-14-20-21(29-30(27,28)23(24,25)26)16-15-19(17-10-6-4-7-11-17)22(20)18-12-8-5-9-13-18/h4-13,15-16H,2-3,14H2,1H3. The van der Waals surface area contributed by atoms with E-state index in [0.717, 1.165) is 23.1 Å². The first-order valence-corrected chi connectivity index (χ1v) is 10.9. The largest absolute Gasteiger partial charge is 0.534 e. The lowest BCUT2D eigenvalue weighted by molar-refractivity contribution is -0.0500. The summed E-state index contributed by atoms with van der Waals surface area (Å²) in [5.74, 6) is -0.292. The maximum absolute atomic E-state index is 13.0. The van der Waals surface area contributed by atoms with Crippen molar-refractivity contribution in [2.24, 2.45) is 0 Å². The molecule has 7 heteroatoms. The van der Waals surface area contributed by atoms with Crippen LogP contribution in [0.1, 0.15) is 25.3 Å². The fourth-order valence-electron chi connectivity index (χ4n) is 3.27. The van der Waals surface area contributed by atoms with Crippen LogP contribution in [0.2, 0.25) is 0 Å². The van der Waals surface area contributed by atoms with Crippen molar-refractivity contribution >= 4 is 10.1 Å². The maximum Gasteiger partial charge on any atom is 0.534 e. The number of halogens is 3. The second kappa shape index (κ2) is 8.92. The lowest BCUT2D eigenvalue weighted by Gasteiger charge is -2.20. The Morgan fingerprint density at radius 2 is 1.40 bits per heavy atom. The van der Waals surface area contributed by atoms with Gasteiger partial charge >= 0.3 is 15.6 Å². The monoisotopic (exact) mass is 434 g/mol. The van der Waals surface area contributed by atoms with Gasteiger partial charge in [0.2, 0.25) is 0 Å². The van der Waals surface area contributed by atoms with Gasteiger partial charge in [-0.1, -0.05) is 74.0 Å². The molecular formula is C23H21F3O3S. The molecule has 3 aromatic carbocycles. The molecular weight excluding hydrogens is 413 g/mol.